The Hall–Kier alpha value is -6.10. The van der Waals surface area contributed by atoms with E-state index in [9.17, 15) is 29.1 Å². The molecule has 16 heteroatoms. The maximum absolute atomic E-state index is 14.7. The van der Waals surface area contributed by atoms with Gasteiger partial charge in [0.15, 0.2) is 0 Å². The van der Waals surface area contributed by atoms with Gasteiger partial charge in [0.05, 0.1) is 29.5 Å². The molecular weight excluding hydrogens is 901 g/mol. The van der Waals surface area contributed by atoms with Gasteiger partial charge in [0.1, 0.15) is 17.8 Å². The number of fused-ring (bicyclic) bond motifs is 1. The maximum atomic E-state index is 14.7. The normalized spacial score (nSPS) is 18.4. The number of carbonyl (C=O) groups is 5. The average molecular weight is 975 g/mol. The Kier molecular flexibility index (Phi) is 16.4. The second kappa shape index (κ2) is 22.1. The lowest BCUT2D eigenvalue weighted by molar-refractivity contribution is -0.155. The Labute approximate surface area is 418 Å². The van der Waals surface area contributed by atoms with Crippen molar-refractivity contribution < 1.29 is 38.6 Å². The van der Waals surface area contributed by atoms with Crippen LogP contribution in [0.15, 0.2) is 66.9 Å². The number of hydrogen-bond acceptors (Lipinski definition) is 11. The highest BCUT2D eigenvalue weighted by molar-refractivity contribution is 5.98. The number of benzene rings is 2. The van der Waals surface area contributed by atoms with Crippen molar-refractivity contribution in [2.45, 2.75) is 111 Å². The molecule has 3 N–H and O–H groups in total. The van der Waals surface area contributed by atoms with E-state index in [-0.39, 0.29) is 54.6 Å². The number of amides is 4. The molecule has 16 nitrogen and oxygen atoms in total. The summed E-state index contributed by atoms with van der Waals surface area (Å²) in [5, 5.41) is 17.1. The number of methoxy groups -OCH3 is 1. The highest BCUT2D eigenvalue weighted by Crippen LogP contribution is 2.44. The number of aromatic nitrogens is 2. The minimum absolute atomic E-state index is 0.00168. The van der Waals surface area contributed by atoms with Gasteiger partial charge in [-0.1, -0.05) is 45.9 Å². The van der Waals surface area contributed by atoms with Gasteiger partial charge in [-0.15, -0.1) is 0 Å². The SMILES string of the molecule is CCn1c(-c2cccnc2C(C)OC)c(CC(C)(C)COC=O)c2cc(-c3cc(O)cc(CC(NC(=O)C(C(C)C)N4CCC5(CN(C(=O)/C=C/CN(C)C)C5)C4=O)C(=O)N4CCC[C@@H](C)N4)c3)ccc21. The van der Waals surface area contributed by atoms with E-state index in [4.69, 9.17) is 14.5 Å². The Morgan fingerprint density at radius 2 is 1.83 bits per heavy atom. The number of phenolic OH excluding ortho intramolecular Hbond substituents is 1. The fraction of sp³-hybridized carbons (Fsp3) is 0.527. The van der Waals surface area contributed by atoms with Gasteiger partial charge in [-0.3, -0.25) is 34.0 Å². The molecule has 0 saturated carbocycles. The molecule has 0 radical (unpaired) electrons. The highest BCUT2D eigenvalue weighted by Gasteiger charge is 2.57. The largest absolute Gasteiger partial charge is 0.508 e. The Morgan fingerprint density at radius 1 is 1.07 bits per heavy atom. The number of hydrazine groups is 1. The third-order valence-corrected chi connectivity index (χ3v) is 14.4. The first-order chi connectivity index (χ1) is 33.8. The van der Waals surface area contributed by atoms with Gasteiger partial charge in [0.25, 0.3) is 12.4 Å². The minimum Gasteiger partial charge on any atom is -0.508 e. The standard InChI is InChI=1S/C55H74N8O8/c1-11-61-46-19-18-39(29-43(46)44(30-54(6,7)33-71-34-64)50(61)42-16-12-21-56-48(42)37(5)70-10)40-25-38(26-41(65)28-40)27-45(52(68)63-23-13-15-36(4)58-63)57-51(67)49(35(2)3)62-24-20-55(53(62)69)31-60(32-55)47(66)17-14-22-59(8)9/h12,14,16-19,21,25-26,28-29,34-37,45,49,58,65H,11,13,15,20,22-24,27,30-33H2,1-10H3,(H,57,67)/b17-14+/t36-,37?,45?,49?/m1/s1. The topological polar surface area (TPSA) is 179 Å². The second-order valence-electron chi connectivity index (χ2n) is 21.3. The maximum Gasteiger partial charge on any atom is 0.293 e. The van der Waals surface area contributed by atoms with Crippen LogP contribution in [0.3, 0.4) is 0 Å². The predicted octanol–water partition coefficient (Wildman–Crippen LogP) is 6.29. The number of hydrogen-bond donors (Lipinski definition) is 3. The molecule has 3 aliphatic rings. The third-order valence-electron chi connectivity index (χ3n) is 14.4. The summed E-state index contributed by atoms with van der Waals surface area (Å²) in [4.78, 5) is 77.9. The minimum atomic E-state index is -1.04. The molecule has 0 aliphatic carbocycles. The lowest BCUT2D eigenvalue weighted by Crippen LogP contribution is -2.63. The van der Waals surface area contributed by atoms with Crippen LogP contribution in [0.25, 0.3) is 33.3 Å². The molecule has 3 aliphatic heterocycles. The number of carbonyl (C=O) groups excluding carboxylic acids is 5. The first-order valence-electron chi connectivity index (χ1n) is 25.1. The van der Waals surface area contributed by atoms with Gasteiger partial charge < -0.3 is 39.2 Å². The molecule has 3 fully saturated rings. The molecule has 2 aromatic carbocycles. The van der Waals surface area contributed by atoms with E-state index in [1.165, 1.54) is 0 Å². The van der Waals surface area contributed by atoms with Crippen molar-refractivity contribution >= 4 is 41.0 Å². The van der Waals surface area contributed by atoms with Crippen LogP contribution in [-0.2, 0) is 52.8 Å². The van der Waals surface area contributed by atoms with E-state index in [0.29, 0.717) is 69.7 Å². The van der Waals surface area contributed by atoms with E-state index in [2.05, 4.69) is 54.3 Å². The van der Waals surface area contributed by atoms with Crippen LogP contribution in [0.4, 0.5) is 0 Å². The van der Waals surface area contributed by atoms with Gasteiger partial charge in [-0.25, -0.2) is 5.43 Å². The summed E-state index contributed by atoms with van der Waals surface area (Å²) in [5.41, 5.74) is 9.09. The molecule has 4 atom stereocenters. The van der Waals surface area contributed by atoms with Gasteiger partial charge in [0, 0.05) is 93.0 Å². The number of likely N-dealkylation sites (tertiary alicyclic amines) is 2. The van der Waals surface area contributed by atoms with Crippen LogP contribution in [0.1, 0.15) is 90.7 Å². The number of ether oxygens (including phenoxy) is 2. The molecule has 3 unspecified atom stereocenters. The van der Waals surface area contributed by atoms with Crippen LogP contribution in [0.2, 0.25) is 0 Å². The van der Waals surface area contributed by atoms with Crippen molar-refractivity contribution in [2.75, 3.05) is 60.5 Å². The Balaban J connectivity index is 1.21. The molecule has 4 amide bonds. The first kappa shape index (κ1) is 52.7. The average Bonchev–Trinajstić information content (AvgIpc) is 3.81. The number of aryl methyl sites for hydroxylation is 1. The van der Waals surface area contributed by atoms with Gasteiger partial charge in [-0.05, 0) is 125 Å². The van der Waals surface area contributed by atoms with Crippen molar-refractivity contribution in [3.63, 3.8) is 0 Å². The molecular formula is C55H74N8O8. The van der Waals surface area contributed by atoms with Crippen molar-refractivity contribution in [1.29, 1.82) is 0 Å². The van der Waals surface area contributed by atoms with E-state index in [0.717, 1.165) is 51.8 Å². The number of nitrogens with one attached hydrogen (secondary N) is 2. The summed E-state index contributed by atoms with van der Waals surface area (Å²) >= 11 is 0. The first-order valence-corrected chi connectivity index (χ1v) is 25.1. The predicted molar refractivity (Wildman–Crippen MR) is 274 cm³/mol. The summed E-state index contributed by atoms with van der Waals surface area (Å²) < 4.78 is 13.4. The zero-order valence-corrected chi connectivity index (χ0v) is 43.3. The zero-order chi connectivity index (χ0) is 51.4. The lowest BCUT2D eigenvalue weighted by atomic mass is 9.78. The monoisotopic (exact) mass is 975 g/mol. The second-order valence-corrected chi connectivity index (χ2v) is 21.3. The summed E-state index contributed by atoms with van der Waals surface area (Å²) in [5.74, 6) is -1.30. The van der Waals surface area contributed by atoms with Crippen LogP contribution in [-0.4, -0.2) is 143 Å². The van der Waals surface area contributed by atoms with Crippen LogP contribution < -0.4 is 10.7 Å². The number of phenols is 1. The smallest absolute Gasteiger partial charge is 0.293 e. The third kappa shape index (κ3) is 11.5. The molecule has 3 saturated heterocycles. The lowest BCUT2D eigenvalue weighted by Gasteiger charge is -2.46. The van der Waals surface area contributed by atoms with Crippen molar-refractivity contribution in [1.82, 2.24) is 40.0 Å². The van der Waals surface area contributed by atoms with Crippen molar-refractivity contribution in [3.05, 3.63) is 83.7 Å². The van der Waals surface area contributed by atoms with Gasteiger partial charge >= 0.3 is 0 Å². The van der Waals surface area contributed by atoms with Gasteiger partial charge in [-0.2, -0.15) is 0 Å². The van der Waals surface area contributed by atoms with Crippen molar-refractivity contribution in [2.24, 2.45) is 16.7 Å². The molecule has 2 aromatic heterocycles. The van der Waals surface area contributed by atoms with Crippen LogP contribution >= 0.6 is 0 Å². The number of aromatic hydroxyl groups is 1. The van der Waals surface area contributed by atoms with E-state index in [1.807, 2.05) is 71.0 Å². The van der Waals surface area contributed by atoms with Crippen LogP contribution in [0, 0.1) is 16.7 Å². The molecule has 0 bridgehead atoms. The molecule has 7 rings (SSSR count). The molecule has 5 heterocycles. The molecule has 1 spiro atoms. The zero-order valence-electron chi connectivity index (χ0n) is 43.3. The fourth-order valence-corrected chi connectivity index (χ4v) is 10.7. The quantitative estimate of drug-likeness (QED) is 0.0670. The molecule has 71 heavy (non-hydrogen) atoms. The number of pyridine rings is 1. The van der Waals surface area contributed by atoms with Crippen molar-refractivity contribution in [3.8, 4) is 28.1 Å². The molecule has 4 aromatic rings. The number of nitrogens with zero attached hydrogens (tertiary/aromatic N) is 6. The van der Waals surface area contributed by atoms with Gasteiger partial charge in [0.2, 0.25) is 17.7 Å². The summed E-state index contributed by atoms with van der Waals surface area (Å²) in [6.07, 6.45) is 7.69. The van der Waals surface area contributed by atoms with Crippen LogP contribution in [0.5, 0.6) is 5.75 Å². The summed E-state index contributed by atoms with van der Waals surface area (Å²) in [6, 6.07) is 13.7. The Bertz CT molecular complexity index is 2630. The summed E-state index contributed by atoms with van der Waals surface area (Å²) in [6.45, 7) is 17.4. The fourth-order valence-electron chi connectivity index (χ4n) is 10.7. The summed E-state index contributed by atoms with van der Waals surface area (Å²) in [7, 11) is 5.52. The van der Waals surface area contributed by atoms with E-state index < -0.39 is 28.8 Å². The molecule has 382 valence electrons. The van der Waals surface area contributed by atoms with E-state index >= 15 is 0 Å². The van der Waals surface area contributed by atoms with E-state index in [1.54, 1.807) is 46.3 Å². The number of likely N-dealkylation sites (N-methyl/N-ethyl adjacent to an activating group) is 1. The highest BCUT2D eigenvalue weighted by atomic mass is 16.5. The number of rotatable bonds is 20. The Morgan fingerprint density at radius 3 is 2.51 bits per heavy atom.